The van der Waals surface area contributed by atoms with E-state index in [0.29, 0.717) is 17.9 Å². The molecule has 0 saturated heterocycles. The second-order valence-corrected chi connectivity index (χ2v) is 8.02. The van der Waals surface area contributed by atoms with Gasteiger partial charge in [0.2, 0.25) is 21.0 Å². The van der Waals surface area contributed by atoms with Gasteiger partial charge in [0, 0.05) is 17.6 Å². The van der Waals surface area contributed by atoms with Crippen LogP contribution < -0.4 is 10.5 Å². The number of hydrogen-bond acceptors (Lipinski definition) is 5. The van der Waals surface area contributed by atoms with Crippen molar-refractivity contribution in [2.75, 3.05) is 5.32 Å². The molecule has 8 nitrogen and oxygen atoms in total. The van der Waals surface area contributed by atoms with Gasteiger partial charge in [0.1, 0.15) is 0 Å². The van der Waals surface area contributed by atoms with Gasteiger partial charge in [-0.05, 0) is 43.4 Å². The number of anilines is 1. The van der Waals surface area contributed by atoms with Crippen LogP contribution in [0.4, 0.5) is 11.4 Å². The van der Waals surface area contributed by atoms with Crippen LogP contribution in [0.1, 0.15) is 6.92 Å². The molecule has 1 heterocycles. The van der Waals surface area contributed by atoms with Crippen molar-refractivity contribution in [3.05, 3.63) is 60.7 Å². The number of thiocarbonyl (C=S) groups is 1. The molecule has 0 aliphatic rings. The molecule has 10 heteroatoms. The number of benzene rings is 2. The lowest BCUT2D eigenvalue weighted by molar-refractivity contribution is 0.431. The third kappa shape index (κ3) is 4.67. The smallest absolute Gasteiger partial charge is 0.238 e. The number of azo groups is 1. The fourth-order valence-electron chi connectivity index (χ4n) is 2.76. The van der Waals surface area contributed by atoms with E-state index in [9.17, 15) is 13.5 Å². The summed E-state index contributed by atoms with van der Waals surface area (Å²) in [5.41, 5.74) is 1.52. The van der Waals surface area contributed by atoms with Gasteiger partial charge in [0.25, 0.3) is 0 Å². The van der Waals surface area contributed by atoms with Crippen molar-refractivity contribution in [2.45, 2.75) is 18.4 Å². The number of hydrogen-bond donors (Lipinski definition) is 3. The number of nitrogens with one attached hydrogen (secondary N) is 1. The van der Waals surface area contributed by atoms with E-state index in [0.717, 1.165) is 10.9 Å². The molecule has 0 bridgehead atoms. The van der Waals surface area contributed by atoms with Crippen LogP contribution in [0, 0.1) is 0 Å². The third-order valence-corrected chi connectivity index (χ3v) is 5.19. The Kier molecular flexibility index (Phi) is 6.06. The van der Waals surface area contributed by atoms with Crippen LogP contribution in [0.3, 0.4) is 0 Å². The summed E-state index contributed by atoms with van der Waals surface area (Å²) in [6.07, 6.45) is 3.81. The van der Waals surface area contributed by atoms with Crippen LogP contribution in [0.15, 0.2) is 75.8 Å². The van der Waals surface area contributed by atoms with Crippen molar-refractivity contribution in [1.29, 1.82) is 0 Å². The molecule has 0 atom stereocenters. The summed E-state index contributed by atoms with van der Waals surface area (Å²) in [6, 6.07) is 13.3. The summed E-state index contributed by atoms with van der Waals surface area (Å²) < 4.78 is 24.6. The summed E-state index contributed by atoms with van der Waals surface area (Å²) in [7, 11) is -3.83. The number of nitrogens with zero attached hydrogens (tertiary/aromatic N) is 3. The highest BCUT2D eigenvalue weighted by Gasteiger charge is 2.15. The van der Waals surface area contributed by atoms with Crippen molar-refractivity contribution in [3.8, 4) is 5.88 Å². The van der Waals surface area contributed by atoms with E-state index < -0.39 is 10.0 Å². The number of fused-ring (bicyclic) bond motifs is 1. The minimum Gasteiger partial charge on any atom is -0.493 e. The predicted molar refractivity (Wildman–Crippen MR) is 117 cm³/mol. The molecule has 0 unspecified atom stereocenters. The lowest BCUT2D eigenvalue weighted by Crippen LogP contribution is -2.13. The maximum atomic E-state index is 11.5. The summed E-state index contributed by atoms with van der Waals surface area (Å²) in [5, 5.41) is 27.3. The van der Waals surface area contributed by atoms with Gasteiger partial charge in [-0.1, -0.05) is 36.4 Å². The molecule has 3 rings (SSSR count). The van der Waals surface area contributed by atoms with Gasteiger partial charge in [-0.2, -0.15) is 0 Å². The van der Waals surface area contributed by atoms with Crippen LogP contribution >= 0.6 is 12.2 Å². The Bertz CT molecular complexity index is 1230. The van der Waals surface area contributed by atoms with E-state index >= 15 is 0 Å². The topological polar surface area (TPSA) is 122 Å². The Hall–Kier alpha value is -3.08. The van der Waals surface area contributed by atoms with E-state index in [-0.39, 0.29) is 15.9 Å². The molecule has 1 aromatic heterocycles. The predicted octanol–water partition coefficient (Wildman–Crippen LogP) is 4.05. The van der Waals surface area contributed by atoms with Gasteiger partial charge in [-0.3, -0.25) is 0 Å². The highest BCUT2D eigenvalue weighted by Crippen LogP contribution is 2.38. The zero-order valence-corrected chi connectivity index (χ0v) is 17.1. The Morgan fingerprint density at radius 2 is 2.03 bits per heavy atom. The molecule has 0 fully saturated rings. The molecule has 0 spiro atoms. The van der Waals surface area contributed by atoms with Gasteiger partial charge < -0.3 is 15.0 Å². The van der Waals surface area contributed by atoms with Crippen LogP contribution in [0.2, 0.25) is 0 Å². The van der Waals surface area contributed by atoms with Crippen LogP contribution in [0.25, 0.3) is 10.9 Å². The molecular weight excluding hydrogens is 410 g/mol. The minimum atomic E-state index is -3.83. The van der Waals surface area contributed by atoms with E-state index in [1.165, 1.54) is 18.2 Å². The molecular formula is C19H19N5O3S2. The Morgan fingerprint density at radius 3 is 2.76 bits per heavy atom. The van der Waals surface area contributed by atoms with Gasteiger partial charge in [0.05, 0.1) is 10.4 Å². The Morgan fingerprint density at radius 1 is 1.28 bits per heavy atom. The van der Waals surface area contributed by atoms with Crippen molar-refractivity contribution in [2.24, 2.45) is 15.4 Å². The van der Waals surface area contributed by atoms with Gasteiger partial charge in [-0.25, -0.2) is 13.6 Å². The molecule has 4 N–H and O–H groups in total. The van der Waals surface area contributed by atoms with E-state index in [2.05, 4.69) is 15.5 Å². The molecule has 150 valence electrons. The SMILES string of the molecule is C/C=C/Cn1c(O)c(N=NC(=S)Nc2cccc(S(N)(=O)=O)c2)c2ccccc21. The summed E-state index contributed by atoms with van der Waals surface area (Å²) in [5.74, 6) is -0.0212. The largest absolute Gasteiger partial charge is 0.493 e. The number of allylic oxidation sites excluding steroid dienone is 2. The first kappa shape index (κ1) is 20.6. The van der Waals surface area contributed by atoms with Crippen molar-refractivity contribution >= 4 is 49.6 Å². The Labute approximate surface area is 173 Å². The number of nitrogens with two attached hydrogens (primary N) is 1. The van der Waals surface area contributed by atoms with Crippen molar-refractivity contribution in [1.82, 2.24) is 4.57 Å². The zero-order valence-electron chi connectivity index (χ0n) is 15.5. The van der Waals surface area contributed by atoms with Crippen molar-refractivity contribution in [3.63, 3.8) is 0 Å². The number of aromatic hydroxyl groups is 1. The first-order valence-electron chi connectivity index (χ1n) is 8.58. The molecule has 0 saturated carbocycles. The van der Waals surface area contributed by atoms with Gasteiger partial charge >= 0.3 is 0 Å². The van der Waals surface area contributed by atoms with E-state index in [4.69, 9.17) is 17.4 Å². The fourth-order valence-corrected chi connectivity index (χ4v) is 3.48. The van der Waals surface area contributed by atoms with Crippen LogP contribution in [0.5, 0.6) is 5.88 Å². The second kappa shape index (κ2) is 8.52. The number of para-hydroxylation sites is 1. The summed E-state index contributed by atoms with van der Waals surface area (Å²) >= 11 is 5.16. The monoisotopic (exact) mass is 429 g/mol. The maximum Gasteiger partial charge on any atom is 0.238 e. The fraction of sp³-hybridized carbons (Fsp3) is 0.105. The standard InChI is InChI=1S/C19H19N5O3S2/c1-2-3-11-24-16-10-5-4-9-15(16)17(18(24)25)22-23-19(28)21-13-7-6-8-14(12-13)29(20,26)27/h2-10,12,25H,11H2,1H3,(H,21,28)(H2,20,26,27)/b3-2+,23-22?. The molecule has 2 aromatic carbocycles. The second-order valence-electron chi connectivity index (χ2n) is 6.07. The molecule has 0 aliphatic carbocycles. The van der Waals surface area contributed by atoms with E-state index in [1.807, 2.05) is 43.3 Å². The summed E-state index contributed by atoms with van der Waals surface area (Å²) in [6.45, 7) is 2.39. The number of rotatable bonds is 5. The third-order valence-electron chi connectivity index (χ3n) is 4.10. The average Bonchev–Trinajstić information content (AvgIpc) is 2.95. The highest BCUT2D eigenvalue weighted by atomic mass is 32.2. The van der Waals surface area contributed by atoms with Crippen LogP contribution in [-0.2, 0) is 16.6 Å². The lowest BCUT2D eigenvalue weighted by atomic mass is 10.2. The van der Waals surface area contributed by atoms with Gasteiger partial charge in [0.15, 0.2) is 5.69 Å². The minimum absolute atomic E-state index is 0.00116. The summed E-state index contributed by atoms with van der Waals surface area (Å²) in [4.78, 5) is -0.0491. The number of sulfonamides is 1. The maximum absolute atomic E-state index is 11.5. The van der Waals surface area contributed by atoms with Crippen LogP contribution in [-0.4, -0.2) is 23.2 Å². The first-order chi connectivity index (χ1) is 13.8. The average molecular weight is 430 g/mol. The molecule has 3 aromatic rings. The molecule has 0 amide bonds. The highest BCUT2D eigenvalue weighted by molar-refractivity contribution is 7.89. The van der Waals surface area contributed by atoms with E-state index in [1.54, 1.807) is 10.6 Å². The first-order valence-corrected chi connectivity index (χ1v) is 10.5. The molecule has 29 heavy (non-hydrogen) atoms. The lowest BCUT2D eigenvalue weighted by Gasteiger charge is -2.05. The normalized spacial score (nSPS) is 12.2. The number of aromatic nitrogens is 1. The Balaban J connectivity index is 1.87. The van der Waals surface area contributed by atoms with Gasteiger partial charge in [-0.15, -0.1) is 10.2 Å². The molecule has 0 radical (unpaired) electrons. The molecule has 0 aliphatic heterocycles. The zero-order chi connectivity index (χ0) is 21.0. The number of primary sulfonamides is 1. The van der Waals surface area contributed by atoms with Crippen molar-refractivity contribution < 1.29 is 13.5 Å². The quantitative estimate of drug-likeness (QED) is 0.321.